The van der Waals surface area contributed by atoms with Gasteiger partial charge in [-0.15, -0.1) is 11.6 Å². The molecule has 1 saturated carbocycles. The standard InChI is InChI=1S/C14H18ClNO3/c1-16(12-5-3-2-4-11(12)15)14(19)10-7-6-9(17)8-13(10)18/h6-8,11-12,17-18H,2-5H2,1H3. The maximum Gasteiger partial charge on any atom is 0.257 e. The number of phenols is 2. The third-order valence-corrected chi connectivity index (χ3v) is 4.19. The maximum absolute atomic E-state index is 12.3. The molecule has 0 aliphatic heterocycles. The Labute approximate surface area is 117 Å². The Morgan fingerprint density at radius 1 is 1.32 bits per heavy atom. The summed E-state index contributed by atoms with van der Waals surface area (Å²) in [5.74, 6) is -0.543. The van der Waals surface area contributed by atoms with Crippen LogP contribution in [0.3, 0.4) is 0 Å². The minimum absolute atomic E-state index is 0.00359. The van der Waals surface area contributed by atoms with Crippen LogP contribution in [-0.4, -0.2) is 39.5 Å². The van der Waals surface area contributed by atoms with E-state index in [0.717, 1.165) is 25.7 Å². The Hall–Kier alpha value is -1.42. The Bertz CT molecular complexity index is 478. The first kappa shape index (κ1) is 14.0. The number of rotatable bonds is 2. The van der Waals surface area contributed by atoms with Crippen LogP contribution in [0, 0.1) is 0 Å². The number of aromatic hydroxyl groups is 2. The third kappa shape index (κ3) is 2.95. The molecule has 104 valence electrons. The molecule has 0 radical (unpaired) electrons. The van der Waals surface area contributed by atoms with E-state index in [-0.39, 0.29) is 34.4 Å². The van der Waals surface area contributed by atoms with Crippen molar-refractivity contribution >= 4 is 17.5 Å². The molecule has 0 heterocycles. The highest BCUT2D eigenvalue weighted by molar-refractivity contribution is 6.21. The fourth-order valence-corrected chi connectivity index (χ4v) is 2.99. The van der Waals surface area contributed by atoms with Crippen molar-refractivity contribution in [3.8, 4) is 11.5 Å². The number of amides is 1. The smallest absolute Gasteiger partial charge is 0.257 e. The molecule has 1 amide bonds. The SMILES string of the molecule is CN(C(=O)c1ccc(O)cc1O)C1CCCCC1Cl. The second kappa shape index (κ2) is 5.70. The van der Waals surface area contributed by atoms with Gasteiger partial charge < -0.3 is 15.1 Å². The lowest BCUT2D eigenvalue weighted by atomic mass is 9.93. The molecule has 2 N–H and O–H groups in total. The van der Waals surface area contributed by atoms with Crippen molar-refractivity contribution in [1.29, 1.82) is 0 Å². The molecule has 1 fully saturated rings. The third-order valence-electron chi connectivity index (χ3n) is 3.68. The van der Waals surface area contributed by atoms with Crippen LogP contribution >= 0.6 is 11.6 Å². The van der Waals surface area contributed by atoms with Crippen LogP contribution < -0.4 is 0 Å². The second-order valence-corrected chi connectivity index (χ2v) is 5.55. The quantitative estimate of drug-likeness (QED) is 0.821. The molecular weight excluding hydrogens is 266 g/mol. The Kier molecular flexibility index (Phi) is 4.20. The number of alkyl halides is 1. The summed E-state index contributed by atoms with van der Waals surface area (Å²) in [5.41, 5.74) is 0.190. The second-order valence-electron chi connectivity index (χ2n) is 4.99. The van der Waals surface area contributed by atoms with E-state index in [1.54, 1.807) is 11.9 Å². The Morgan fingerprint density at radius 2 is 2.00 bits per heavy atom. The van der Waals surface area contributed by atoms with Gasteiger partial charge in [0, 0.05) is 19.2 Å². The van der Waals surface area contributed by atoms with Crippen molar-refractivity contribution in [2.24, 2.45) is 0 Å². The van der Waals surface area contributed by atoms with Crippen molar-refractivity contribution in [3.63, 3.8) is 0 Å². The Morgan fingerprint density at radius 3 is 2.63 bits per heavy atom. The van der Waals surface area contributed by atoms with Gasteiger partial charge in [-0.1, -0.05) is 12.8 Å². The van der Waals surface area contributed by atoms with E-state index < -0.39 is 0 Å². The average Bonchev–Trinajstić information content (AvgIpc) is 2.38. The summed E-state index contributed by atoms with van der Waals surface area (Å²) >= 11 is 6.28. The molecule has 2 rings (SSSR count). The van der Waals surface area contributed by atoms with Crippen LogP contribution in [0.15, 0.2) is 18.2 Å². The topological polar surface area (TPSA) is 60.8 Å². The molecule has 19 heavy (non-hydrogen) atoms. The van der Waals surface area contributed by atoms with E-state index in [4.69, 9.17) is 11.6 Å². The number of carbonyl (C=O) groups is 1. The summed E-state index contributed by atoms with van der Waals surface area (Å²) in [6, 6.07) is 3.98. The van der Waals surface area contributed by atoms with E-state index >= 15 is 0 Å². The molecule has 2 unspecified atom stereocenters. The number of benzene rings is 1. The highest BCUT2D eigenvalue weighted by Crippen LogP contribution is 2.29. The first-order valence-electron chi connectivity index (χ1n) is 6.44. The first-order valence-corrected chi connectivity index (χ1v) is 6.87. The molecule has 2 atom stereocenters. The number of halogens is 1. The number of hydrogen-bond donors (Lipinski definition) is 2. The zero-order chi connectivity index (χ0) is 14.0. The molecule has 0 bridgehead atoms. The number of hydrogen-bond acceptors (Lipinski definition) is 3. The summed E-state index contributed by atoms with van der Waals surface area (Å²) in [6.07, 6.45) is 3.95. The lowest BCUT2D eigenvalue weighted by Crippen LogP contribution is -2.44. The molecule has 4 nitrogen and oxygen atoms in total. The molecule has 1 aromatic carbocycles. The lowest BCUT2D eigenvalue weighted by molar-refractivity contribution is 0.0697. The molecule has 5 heteroatoms. The predicted molar refractivity (Wildman–Crippen MR) is 73.8 cm³/mol. The van der Waals surface area contributed by atoms with Gasteiger partial charge in [0.05, 0.1) is 10.9 Å². The predicted octanol–water partition coefficient (Wildman–Crippen LogP) is 2.72. The van der Waals surface area contributed by atoms with Crippen LogP contribution in [-0.2, 0) is 0 Å². The normalized spacial score (nSPS) is 23.1. The van der Waals surface area contributed by atoms with Crippen molar-refractivity contribution in [2.45, 2.75) is 37.1 Å². The average molecular weight is 284 g/mol. The maximum atomic E-state index is 12.3. The zero-order valence-electron chi connectivity index (χ0n) is 10.8. The summed E-state index contributed by atoms with van der Waals surface area (Å²) in [6.45, 7) is 0. The van der Waals surface area contributed by atoms with Gasteiger partial charge in [0.25, 0.3) is 5.91 Å². The number of phenolic OH excluding ortho intramolecular Hbond substituents is 2. The van der Waals surface area contributed by atoms with Crippen LogP contribution in [0.1, 0.15) is 36.0 Å². The number of nitrogens with zero attached hydrogens (tertiary/aromatic N) is 1. The van der Waals surface area contributed by atoms with Crippen molar-refractivity contribution in [2.75, 3.05) is 7.05 Å². The largest absolute Gasteiger partial charge is 0.508 e. The van der Waals surface area contributed by atoms with E-state index in [2.05, 4.69) is 0 Å². The van der Waals surface area contributed by atoms with E-state index in [0.29, 0.717) is 0 Å². The van der Waals surface area contributed by atoms with Crippen LogP contribution in [0.4, 0.5) is 0 Å². The molecule has 1 aliphatic carbocycles. The van der Waals surface area contributed by atoms with Gasteiger partial charge in [-0.25, -0.2) is 0 Å². The van der Waals surface area contributed by atoms with E-state index in [1.807, 2.05) is 0 Å². The fourth-order valence-electron chi connectivity index (χ4n) is 2.54. The fraction of sp³-hybridized carbons (Fsp3) is 0.500. The van der Waals surface area contributed by atoms with Gasteiger partial charge in [0.1, 0.15) is 11.5 Å². The minimum Gasteiger partial charge on any atom is -0.508 e. The molecule has 0 aromatic heterocycles. The van der Waals surface area contributed by atoms with Crippen molar-refractivity contribution in [1.82, 2.24) is 4.90 Å². The van der Waals surface area contributed by atoms with Gasteiger partial charge >= 0.3 is 0 Å². The van der Waals surface area contributed by atoms with Gasteiger partial charge in [-0.2, -0.15) is 0 Å². The van der Waals surface area contributed by atoms with Gasteiger partial charge in [-0.05, 0) is 25.0 Å². The highest BCUT2D eigenvalue weighted by atomic mass is 35.5. The summed E-state index contributed by atoms with van der Waals surface area (Å²) < 4.78 is 0. The summed E-state index contributed by atoms with van der Waals surface area (Å²) in [5, 5.41) is 18.9. The van der Waals surface area contributed by atoms with E-state index in [9.17, 15) is 15.0 Å². The van der Waals surface area contributed by atoms with Gasteiger partial charge in [0.2, 0.25) is 0 Å². The van der Waals surface area contributed by atoms with Crippen LogP contribution in [0.25, 0.3) is 0 Å². The van der Waals surface area contributed by atoms with Crippen molar-refractivity contribution in [3.05, 3.63) is 23.8 Å². The first-order chi connectivity index (χ1) is 9.00. The van der Waals surface area contributed by atoms with Crippen LogP contribution in [0.2, 0.25) is 0 Å². The summed E-state index contributed by atoms with van der Waals surface area (Å²) in [7, 11) is 1.71. The summed E-state index contributed by atoms with van der Waals surface area (Å²) in [4.78, 5) is 13.9. The molecule has 0 saturated heterocycles. The van der Waals surface area contributed by atoms with Gasteiger partial charge in [-0.3, -0.25) is 4.79 Å². The minimum atomic E-state index is -0.268. The van der Waals surface area contributed by atoms with Crippen LogP contribution in [0.5, 0.6) is 11.5 Å². The Balaban J connectivity index is 2.18. The monoisotopic (exact) mass is 283 g/mol. The molecular formula is C14H18ClNO3. The van der Waals surface area contributed by atoms with E-state index in [1.165, 1.54) is 18.2 Å². The highest BCUT2D eigenvalue weighted by Gasteiger charge is 2.30. The number of carbonyl (C=O) groups excluding carboxylic acids is 1. The molecule has 0 spiro atoms. The lowest BCUT2D eigenvalue weighted by Gasteiger charge is -2.35. The van der Waals surface area contributed by atoms with Crippen molar-refractivity contribution < 1.29 is 15.0 Å². The zero-order valence-corrected chi connectivity index (χ0v) is 11.6. The molecule has 1 aromatic rings. The molecule has 1 aliphatic rings. The van der Waals surface area contributed by atoms with Gasteiger partial charge in [0.15, 0.2) is 0 Å².